The number of aromatic nitrogens is 3. The summed E-state index contributed by atoms with van der Waals surface area (Å²) < 4.78 is 7.50. The van der Waals surface area contributed by atoms with E-state index in [1.165, 1.54) is 0 Å². The standard InChI is InChI=1S/C20H20N4O3/c1-20(2)11-14-3-4-15(17(25)18(14)27-20)19(26)22-16-7-10-24(23-16)12-13-5-8-21-9-6-13/h3-10,25H,11-12H2,1-2H3,(H,22,23,26). The number of carbonyl (C=O) groups is 1. The van der Waals surface area contributed by atoms with Crippen molar-refractivity contribution in [3.63, 3.8) is 0 Å². The molecule has 138 valence electrons. The maximum atomic E-state index is 12.6. The predicted molar refractivity (Wildman–Crippen MR) is 100 cm³/mol. The monoisotopic (exact) mass is 364 g/mol. The Morgan fingerprint density at radius 3 is 2.81 bits per heavy atom. The second-order valence-electron chi connectivity index (χ2n) is 7.20. The first-order valence-electron chi connectivity index (χ1n) is 8.69. The number of benzene rings is 1. The Morgan fingerprint density at radius 1 is 1.26 bits per heavy atom. The molecule has 1 amide bonds. The van der Waals surface area contributed by atoms with Gasteiger partial charge in [-0.3, -0.25) is 14.5 Å². The van der Waals surface area contributed by atoms with Gasteiger partial charge < -0.3 is 15.2 Å². The van der Waals surface area contributed by atoms with E-state index >= 15 is 0 Å². The van der Waals surface area contributed by atoms with Crippen molar-refractivity contribution >= 4 is 11.7 Å². The zero-order valence-corrected chi connectivity index (χ0v) is 15.1. The van der Waals surface area contributed by atoms with Crippen molar-refractivity contribution in [3.8, 4) is 11.5 Å². The Labute approximate surface area is 156 Å². The highest BCUT2D eigenvalue weighted by Gasteiger charge is 2.33. The molecule has 2 N–H and O–H groups in total. The molecule has 3 aromatic rings. The molecule has 1 aliphatic rings. The number of carbonyl (C=O) groups excluding carboxylic acids is 1. The average molecular weight is 364 g/mol. The van der Waals surface area contributed by atoms with E-state index in [0.29, 0.717) is 24.5 Å². The smallest absolute Gasteiger partial charge is 0.260 e. The largest absolute Gasteiger partial charge is 0.504 e. The minimum atomic E-state index is -0.433. The van der Waals surface area contributed by atoms with Crippen LogP contribution < -0.4 is 10.1 Å². The Bertz CT molecular complexity index is 996. The molecule has 0 saturated heterocycles. The van der Waals surface area contributed by atoms with Crippen LogP contribution in [-0.4, -0.2) is 31.4 Å². The number of rotatable bonds is 4. The van der Waals surface area contributed by atoms with Crippen LogP contribution in [0.2, 0.25) is 0 Å². The number of pyridine rings is 1. The van der Waals surface area contributed by atoms with Gasteiger partial charge >= 0.3 is 0 Å². The van der Waals surface area contributed by atoms with E-state index in [4.69, 9.17) is 4.74 Å². The first-order chi connectivity index (χ1) is 12.9. The third-order valence-corrected chi connectivity index (χ3v) is 4.43. The molecule has 7 heteroatoms. The van der Waals surface area contributed by atoms with Crippen LogP contribution in [0.4, 0.5) is 5.82 Å². The zero-order chi connectivity index (χ0) is 19.0. The first-order valence-corrected chi connectivity index (χ1v) is 8.69. The van der Waals surface area contributed by atoms with Crippen molar-refractivity contribution in [1.29, 1.82) is 0 Å². The lowest BCUT2D eigenvalue weighted by Gasteiger charge is -2.17. The van der Waals surface area contributed by atoms with Crippen molar-refractivity contribution in [2.45, 2.75) is 32.4 Å². The fourth-order valence-electron chi connectivity index (χ4n) is 3.20. The van der Waals surface area contributed by atoms with Crippen molar-refractivity contribution in [2.75, 3.05) is 5.32 Å². The van der Waals surface area contributed by atoms with Gasteiger partial charge in [-0.25, -0.2) is 0 Å². The van der Waals surface area contributed by atoms with Crippen molar-refractivity contribution < 1.29 is 14.6 Å². The Hall–Kier alpha value is -3.35. The summed E-state index contributed by atoms with van der Waals surface area (Å²) in [6.07, 6.45) is 5.92. The highest BCUT2D eigenvalue weighted by Crippen LogP contribution is 2.43. The number of anilines is 1. The molecule has 4 rings (SSSR count). The molecule has 0 bridgehead atoms. The number of amides is 1. The minimum Gasteiger partial charge on any atom is -0.504 e. The maximum absolute atomic E-state index is 12.6. The zero-order valence-electron chi connectivity index (χ0n) is 15.1. The van der Waals surface area contributed by atoms with E-state index in [-0.39, 0.29) is 16.9 Å². The van der Waals surface area contributed by atoms with Crippen molar-refractivity contribution in [1.82, 2.24) is 14.8 Å². The van der Waals surface area contributed by atoms with Crippen LogP contribution in [-0.2, 0) is 13.0 Å². The molecule has 0 saturated carbocycles. The fraction of sp³-hybridized carbons (Fsp3) is 0.250. The van der Waals surface area contributed by atoms with Crippen LogP contribution in [0.1, 0.15) is 35.3 Å². The summed E-state index contributed by atoms with van der Waals surface area (Å²) in [6.45, 7) is 4.47. The molecular weight excluding hydrogens is 344 g/mol. The van der Waals surface area contributed by atoms with E-state index in [1.807, 2.05) is 32.0 Å². The van der Waals surface area contributed by atoms with Crippen LogP contribution in [0.25, 0.3) is 0 Å². The molecule has 0 aliphatic carbocycles. The van der Waals surface area contributed by atoms with Crippen LogP contribution in [0.5, 0.6) is 11.5 Å². The summed E-state index contributed by atoms with van der Waals surface area (Å²) >= 11 is 0. The number of phenolic OH excluding ortho intramolecular Hbond substituents is 1. The van der Waals surface area contributed by atoms with Gasteiger partial charge in [-0.2, -0.15) is 5.10 Å². The van der Waals surface area contributed by atoms with Gasteiger partial charge in [0.1, 0.15) is 5.60 Å². The van der Waals surface area contributed by atoms with E-state index in [1.54, 1.807) is 35.4 Å². The maximum Gasteiger partial charge on any atom is 0.260 e. The molecule has 0 unspecified atom stereocenters. The highest BCUT2D eigenvalue weighted by molar-refractivity contribution is 6.06. The predicted octanol–water partition coefficient (Wildman–Crippen LogP) is 3.00. The molecular formula is C20H20N4O3. The summed E-state index contributed by atoms with van der Waals surface area (Å²) in [5.74, 6) is 0.232. The number of hydrogen-bond donors (Lipinski definition) is 2. The summed E-state index contributed by atoms with van der Waals surface area (Å²) in [5, 5.41) is 17.5. The molecule has 1 aromatic carbocycles. The number of fused-ring (bicyclic) bond motifs is 1. The summed E-state index contributed by atoms with van der Waals surface area (Å²) in [6, 6.07) is 8.96. The van der Waals surface area contributed by atoms with E-state index in [2.05, 4.69) is 15.4 Å². The molecule has 0 atom stereocenters. The highest BCUT2D eigenvalue weighted by atomic mass is 16.5. The third-order valence-electron chi connectivity index (χ3n) is 4.43. The fourth-order valence-corrected chi connectivity index (χ4v) is 3.20. The molecule has 1 aliphatic heterocycles. The normalized spacial score (nSPS) is 14.4. The van der Waals surface area contributed by atoms with Gasteiger partial charge in [0.05, 0.1) is 12.1 Å². The quantitative estimate of drug-likeness (QED) is 0.743. The summed E-state index contributed by atoms with van der Waals surface area (Å²) in [4.78, 5) is 16.6. The molecule has 7 nitrogen and oxygen atoms in total. The second kappa shape index (κ2) is 6.42. The number of ether oxygens (including phenoxy) is 1. The molecule has 0 spiro atoms. The van der Waals surface area contributed by atoms with Gasteiger partial charge in [-0.15, -0.1) is 0 Å². The molecule has 2 aromatic heterocycles. The van der Waals surface area contributed by atoms with Crippen LogP contribution >= 0.6 is 0 Å². The lowest BCUT2D eigenvalue weighted by molar-refractivity contribution is 0.102. The number of aromatic hydroxyl groups is 1. The molecule has 3 heterocycles. The topological polar surface area (TPSA) is 89.3 Å². The Morgan fingerprint density at radius 2 is 2.04 bits per heavy atom. The number of nitrogens with zero attached hydrogens (tertiary/aromatic N) is 3. The first kappa shape index (κ1) is 17.1. The summed E-state index contributed by atoms with van der Waals surface area (Å²) in [7, 11) is 0. The number of hydrogen-bond acceptors (Lipinski definition) is 5. The van der Waals surface area contributed by atoms with Gasteiger partial charge in [-0.05, 0) is 37.6 Å². The van der Waals surface area contributed by atoms with E-state index in [0.717, 1.165) is 11.1 Å². The van der Waals surface area contributed by atoms with Crippen LogP contribution in [0.3, 0.4) is 0 Å². The van der Waals surface area contributed by atoms with Crippen LogP contribution in [0.15, 0.2) is 48.9 Å². The van der Waals surface area contributed by atoms with Gasteiger partial charge in [0.25, 0.3) is 5.91 Å². The van der Waals surface area contributed by atoms with Crippen LogP contribution in [0, 0.1) is 0 Å². The second-order valence-corrected chi connectivity index (χ2v) is 7.20. The Kier molecular flexibility index (Phi) is 4.07. The number of phenols is 1. The summed E-state index contributed by atoms with van der Waals surface area (Å²) in [5.41, 5.74) is 1.73. The van der Waals surface area contributed by atoms with Gasteiger partial charge in [0.15, 0.2) is 17.3 Å². The van der Waals surface area contributed by atoms with Crippen molar-refractivity contribution in [2.24, 2.45) is 0 Å². The van der Waals surface area contributed by atoms with E-state index in [9.17, 15) is 9.90 Å². The SMILES string of the molecule is CC1(C)Cc2ccc(C(=O)Nc3ccn(Cc4ccncc4)n3)c(O)c2O1. The average Bonchev–Trinajstić information content (AvgIpc) is 3.19. The van der Waals surface area contributed by atoms with E-state index < -0.39 is 5.91 Å². The number of nitrogens with one attached hydrogen (secondary N) is 1. The van der Waals surface area contributed by atoms with Gasteiger partial charge in [0, 0.05) is 36.6 Å². The minimum absolute atomic E-state index is 0.133. The van der Waals surface area contributed by atoms with Gasteiger partial charge in [0.2, 0.25) is 0 Å². The lowest BCUT2D eigenvalue weighted by atomic mass is 10.0. The Balaban J connectivity index is 1.49. The molecule has 27 heavy (non-hydrogen) atoms. The molecule has 0 radical (unpaired) electrons. The molecule has 0 fully saturated rings. The third kappa shape index (κ3) is 3.48. The van der Waals surface area contributed by atoms with Crippen molar-refractivity contribution in [3.05, 3.63) is 65.6 Å². The van der Waals surface area contributed by atoms with Gasteiger partial charge in [-0.1, -0.05) is 6.07 Å². The lowest BCUT2D eigenvalue weighted by Crippen LogP contribution is -2.24.